The lowest BCUT2D eigenvalue weighted by Crippen LogP contribution is -2.05. The van der Waals surface area contributed by atoms with Gasteiger partial charge < -0.3 is 5.11 Å². The SMILES string of the molecule is Cc1nc(Sc2nc(C(=O)O)nc3ccccc23)n[nH]1. The first kappa shape index (κ1) is 12.5. The maximum Gasteiger partial charge on any atom is 0.373 e. The Labute approximate surface area is 117 Å². The topological polar surface area (TPSA) is 105 Å². The number of nitrogens with one attached hydrogen (secondary N) is 1. The number of carboxylic acid groups (broad SMARTS) is 1. The van der Waals surface area contributed by atoms with Gasteiger partial charge in [-0.25, -0.2) is 19.7 Å². The van der Waals surface area contributed by atoms with Gasteiger partial charge in [-0.1, -0.05) is 18.2 Å². The maximum atomic E-state index is 11.1. The number of fused-ring (bicyclic) bond motifs is 1. The van der Waals surface area contributed by atoms with Gasteiger partial charge in [0.15, 0.2) is 0 Å². The zero-order valence-corrected chi connectivity index (χ0v) is 11.2. The monoisotopic (exact) mass is 287 g/mol. The Hall–Kier alpha value is -2.48. The molecule has 2 heterocycles. The molecule has 0 atom stereocenters. The first-order valence-electron chi connectivity index (χ1n) is 5.70. The Morgan fingerprint density at radius 3 is 2.75 bits per heavy atom. The van der Waals surface area contributed by atoms with Crippen LogP contribution in [-0.4, -0.2) is 36.2 Å². The Bertz CT molecular complexity index is 801. The second-order valence-corrected chi connectivity index (χ2v) is 4.94. The lowest BCUT2D eigenvalue weighted by Gasteiger charge is -2.04. The van der Waals surface area contributed by atoms with Gasteiger partial charge >= 0.3 is 5.97 Å². The van der Waals surface area contributed by atoms with E-state index in [0.717, 1.165) is 5.39 Å². The highest BCUT2D eigenvalue weighted by Gasteiger charge is 2.15. The van der Waals surface area contributed by atoms with Crippen molar-refractivity contribution in [2.75, 3.05) is 0 Å². The summed E-state index contributed by atoms with van der Waals surface area (Å²) >= 11 is 1.20. The minimum atomic E-state index is -1.16. The van der Waals surface area contributed by atoms with Crippen LogP contribution in [-0.2, 0) is 0 Å². The summed E-state index contributed by atoms with van der Waals surface area (Å²) < 4.78 is 0. The maximum absolute atomic E-state index is 11.1. The fourth-order valence-electron chi connectivity index (χ4n) is 1.68. The summed E-state index contributed by atoms with van der Waals surface area (Å²) in [6, 6.07) is 7.23. The molecule has 0 radical (unpaired) electrons. The molecule has 8 heteroatoms. The van der Waals surface area contributed by atoms with Gasteiger partial charge in [-0.15, -0.1) is 5.10 Å². The number of carbonyl (C=O) groups is 1. The molecule has 0 aliphatic heterocycles. The van der Waals surface area contributed by atoms with Gasteiger partial charge in [0.1, 0.15) is 10.9 Å². The van der Waals surface area contributed by atoms with E-state index >= 15 is 0 Å². The number of aryl methyl sites for hydroxylation is 1. The molecule has 0 bridgehead atoms. The van der Waals surface area contributed by atoms with E-state index in [4.69, 9.17) is 5.11 Å². The third-order valence-corrected chi connectivity index (χ3v) is 3.39. The molecule has 0 saturated carbocycles. The summed E-state index contributed by atoms with van der Waals surface area (Å²) in [4.78, 5) is 23.3. The average Bonchev–Trinajstić information content (AvgIpc) is 2.84. The molecular formula is C12H9N5O2S. The summed E-state index contributed by atoms with van der Waals surface area (Å²) in [5, 5.41) is 17.6. The van der Waals surface area contributed by atoms with Crippen LogP contribution in [0.3, 0.4) is 0 Å². The number of hydrogen-bond acceptors (Lipinski definition) is 6. The Kier molecular flexibility index (Phi) is 3.07. The van der Waals surface area contributed by atoms with Gasteiger partial charge in [0.05, 0.1) is 5.52 Å². The Morgan fingerprint density at radius 1 is 1.25 bits per heavy atom. The van der Waals surface area contributed by atoms with Crippen LogP contribution in [0.15, 0.2) is 34.4 Å². The van der Waals surface area contributed by atoms with E-state index in [1.165, 1.54) is 11.8 Å². The smallest absolute Gasteiger partial charge is 0.373 e. The van der Waals surface area contributed by atoms with Gasteiger partial charge in [-0.05, 0) is 24.8 Å². The number of carboxylic acids is 1. The number of aromatic nitrogens is 5. The van der Waals surface area contributed by atoms with E-state index in [9.17, 15) is 4.79 Å². The van der Waals surface area contributed by atoms with Crippen LogP contribution < -0.4 is 0 Å². The molecule has 100 valence electrons. The van der Waals surface area contributed by atoms with Crippen LogP contribution in [0.2, 0.25) is 0 Å². The van der Waals surface area contributed by atoms with Gasteiger partial charge in [-0.2, -0.15) is 0 Å². The minimum absolute atomic E-state index is 0.238. The molecular weight excluding hydrogens is 278 g/mol. The van der Waals surface area contributed by atoms with Crippen molar-refractivity contribution in [3.8, 4) is 0 Å². The van der Waals surface area contributed by atoms with Gasteiger partial charge in [0.25, 0.3) is 0 Å². The van der Waals surface area contributed by atoms with E-state index in [0.29, 0.717) is 21.5 Å². The molecule has 2 N–H and O–H groups in total. The predicted octanol–water partition coefficient (Wildman–Crippen LogP) is 1.91. The summed E-state index contributed by atoms with van der Waals surface area (Å²) in [5.74, 6) is -0.716. The molecule has 3 rings (SSSR count). The third kappa shape index (κ3) is 2.32. The van der Waals surface area contributed by atoms with Crippen LogP contribution in [0.4, 0.5) is 0 Å². The molecule has 7 nitrogen and oxygen atoms in total. The zero-order chi connectivity index (χ0) is 14.1. The molecule has 20 heavy (non-hydrogen) atoms. The molecule has 0 amide bonds. The highest BCUT2D eigenvalue weighted by molar-refractivity contribution is 7.99. The van der Waals surface area contributed by atoms with Crippen molar-refractivity contribution in [2.24, 2.45) is 0 Å². The quantitative estimate of drug-likeness (QED) is 0.709. The number of para-hydroxylation sites is 1. The molecule has 0 fully saturated rings. The third-order valence-electron chi connectivity index (χ3n) is 2.52. The van der Waals surface area contributed by atoms with Crippen molar-refractivity contribution in [1.29, 1.82) is 0 Å². The average molecular weight is 287 g/mol. The number of benzene rings is 1. The van der Waals surface area contributed by atoms with E-state index < -0.39 is 5.97 Å². The number of H-pyrrole nitrogens is 1. The largest absolute Gasteiger partial charge is 0.475 e. The van der Waals surface area contributed by atoms with Gasteiger partial charge in [-0.3, -0.25) is 5.10 Å². The zero-order valence-electron chi connectivity index (χ0n) is 10.4. The number of nitrogens with zero attached hydrogens (tertiary/aromatic N) is 4. The van der Waals surface area contributed by atoms with Crippen molar-refractivity contribution in [1.82, 2.24) is 25.1 Å². The molecule has 0 unspecified atom stereocenters. The van der Waals surface area contributed by atoms with Gasteiger partial charge in [0, 0.05) is 5.39 Å². The highest BCUT2D eigenvalue weighted by atomic mass is 32.2. The second kappa shape index (κ2) is 4.89. The van der Waals surface area contributed by atoms with Crippen molar-refractivity contribution >= 4 is 28.6 Å². The molecule has 2 aromatic heterocycles. The molecule has 0 aliphatic rings. The van der Waals surface area contributed by atoms with E-state index in [-0.39, 0.29) is 5.82 Å². The predicted molar refractivity (Wildman–Crippen MR) is 71.7 cm³/mol. The van der Waals surface area contributed by atoms with Gasteiger partial charge in [0.2, 0.25) is 11.0 Å². The number of hydrogen-bond donors (Lipinski definition) is 2. The second-order valence-electron chi connectivity index (χ2n) is 3.98. The summed E-state index contributed by atoms with van der Waals surface area (Å²) in [7, 11) is 0. The van der Waals surface area contributed by atoms with Crippen molar-refractivity contribution in [3.05, 3.63) is 35.9 Å². The molecule has 0 saturated heterocycles. The standard InChI is InChI=1S/C12H9N5O2S/c1-6-13-12(17-16-6)20-10-7-4-2-3-5-8(7)14-9(15-10)11(18)19/h2-5H,1H3,(H,18,19)(H,13,16,17). The highest BCUT2D eigenvalue weighted by Crippen LogP contribution is 2.29. The van der Waals surface area contributed by atoms with Crippen LogP contribution in [0.25, 0.3) is 10.9 Å². The van der Waals surface area contributed by atoms with E-state index in [2.05, 4.69) is 25.1 Å². The molecule has 0 spiro atoms. The normalized spacial score (nSPS) is 10.8. The molecule has 1 aromatic carbocycles. The van der Waals surface area contributed by atoms with Crippen molar-refractivity contribution < 1.29 is 9.90 Å². The Balaban J connectivity index is 2.14. The van der Waals surface area contributed by atoms with Crippen LogP contribution in [0.1, 0.15) is 16.4 Å². The van der Waals surface area contributed by atoms with Crippen molar-refractivity contribution in [3.63, 3.8) is 0 Å². The summed E-state index contributed by atoms with van der Waals surface area (Å²) in [6.07, 6.45) is 0. The number of aromatic carboxylic acids is 1. The Morgan fingerprint density at radius 2 is 2.05 bits per heavy atom. The van der Waals surface area contributed by atoms with E-state index in [1.54, 1.807) is 19.1 Å². The van der Waals surface area contributed by atoms with E-state index in [1.807, 2.05) is 12.1 Å². The first-order valence-corrected chi connectivity index (χ1v) is 6.52. The number of rotatable bonds is 3. The lowest BCUT2D eigenvalue weighted by molar-refractivity contribution is 0.0683. The lowest BCUT2D eigenvalue weighted by atomic mass is 10.2. The fourth-order valence-corrected chi connectivity index (χ4v) is 2.54. The van der Waals surface area contributed by atoms with Crippen molar-refractivity contribution in [2.45, 2.75) is 17.1 Å². The summed E-state index contributed by atoms with van der Waals surface area (Å²) in [5.41, 5.74) is 0.578. The molecule has 3 aromatic rings. The fraction of sp³-hybridized carbons (Fsp3) is 0.0833. The van der Waals surface area contributed by atoms with Crippen LogP contribution in [0.5, 0.6) is 0 Å². The molecule has 0 aliphatic carbocycles. The first-order chi connectivity index (χ1) is 9.63. The summed E-state index contributed by atoms with van der Waals surface area (Å²) in [6.45, 7) is 1.79. The van der Waals surface area contributed by atoms with Crippen LogP contribution >= 0.6 is 11.8 Å². The number of aromatic amines is 1. The van der Waals surface area contributed by atoms with Crippen LogP contribution in [0, 0.1) is 6.92 Å². The minimum Gasteiger partial charge on any atom is -0.475 e.